The van der Waals surface area contributed by atoms with Crippen LogP contribution in [0.15, 0.2) is 76.5 Å². The van der Waals surface area contributed by atoms with Crippen LogP contribution in [-0.4, -0.2) is 6.04 Å². The second kappa shape index (κ2) is 8.08. The molecule has 0 fully saturated rings. The van der Waals surface area contributed by atoms with Crippen molar-refractivity contribution in [1.29, 1.82) is 0 Å². The molecule has 0 saturated carbocycles. The normalized spacial score (nSPS) is 27.1. The fourth-order valence-corrected chi connectivity index (χ4v) is 5.74. The third-order valence-corrected chi connectivity index (χ3v) is 7.09. The minimum Gasteiger partial charge on any atom is -0.324 e. The van der Waals surface area contributed by atoms with Gasteiger partial charge in [0.05, 0.1) is 5.41 Å². The average Bonchev–Trinajstić information content (AvgIpc) is 3.00. The minimum atomic E-state index is -0.356. The third kappa shape index (κ3) is 3.32. The van der Waals surface area contributed by atoms with Gasteiger partial charge in [-0.3, -0.25) is 0 Å². The molecule has 2 atom stereocenters. The van der Waals surface area contributed by atoms with Crippen LogP contribution in [0.2, 0.25) is 0 Å². The molecule has 0 amide bonds. The molecule has 0 aliphatic heterocycles. The van der Waals surface area contributed by atoms with Crippen LogP contribution >= 0.6 is 11.6 Å². The summed E-state index contributed by atoms with van der Waals surface area (Å²) in [6.45, 7) is 8.57. The Morgan fingerprint density at radius 3 is 2.67 bits per heavy atom. The summed E-state index contributed by atoms with van der Waals surface area (Å²) in [7, 11) is 0. The van der Waals surface area contributed by atoms with E-state index in [-0.39, 0.29) is 11.5 Å². The van der Waals surface area contributed by atoms with E-state index in [2.05, 4.69) is 69.0 Å². The fourth-order valence-electron chi connectivity index (χ4n) is 5.31. The number of nitrogens with two attached hydrogens (primary N) is 1. The van der Waals surface area contributed by atoms with Crippen molar-refractivity contribution in [2.75, 3.05) is 0 Å². The lowest BCUT2D eigenvalue weighted by atomic mass is 9.72. The van der Waals surface area contributed by atoms with Gasteiger partial charge in [0.25, 0.3) is 0 Å². The molecule has 2 heteroatoms. The number of allylic oxidation sites excluding steroid dienone is 3. The van der Waals surface area contributed by atoms with Crippen LogP contribution < -0.4 is 5.73 Å². The van der Waals surface area contributed by atoms with Crippen LogP contribution in [0.4, 0.5) is 0 Å². The van der Waals surface area contributed by atoms with E-state index in [1.54, 1.807) is 0 Å². The lowest BCUT2D eigenvalue weighted by Crippen LogP contribution is -2.27. The van der Waals surface area contributed by atoms with E-state index < -0.39 is 0 Å². The van der Waals surface area contributed by atoms with Gasteiger partial charge in [-0.15, -0.1) is 5.73 Å². The first-order valence-electron chi connectivity index (χ1n) is 10.8. The van der Waals surface area contributed by atoms with Gasteiger partial charge in [-0.1, -0.05) is 65.2 Å². The fraction of sp³-hybridized carbons (Fsp3) is 0.321. The minimum absolute atomic E-state index is 0.0471. The molecule has 2 aromatic carbocycles. The van der Waals surface area contributed by atoms with Crippen molar-refractivity contribution >= 4 is 11.6 Å². The SMILES string of the molecule is CC=C=C/C1=C(\Cl)C2(CC/C(C)=C\C(N)C1)c1ccccc1-c1c(C)cc(C)cc12. The van der Waals surface area contributed by atoms with Gasteiger partial charge in [0, 0.05) is 11.1 Å². The van der Waals surface area contributed by atoms with Gasteiger partial charge in [0.15, 0.2) is 0 Å². The lowest BCUT2D eigenvalue weighted by Gasteiger charge is -2.34. The molecule has 0 radical (unpaired) electrons. The van der Waals surface area contributed by atoms with Gasteiger partial charge >= 0.3 is 0 Å². The van der Waals surface area contributed by atoms with Gasteiger partial charge in [0.2, 0.25) is 0 Å². The summed E-state index contributed by atoms with van der Waals surface area (Å²) in [6.07, 6.45) is 8.76. The van der Waals surface area contributed by atoms with E-state index in [0.717, 1.165) is 23.4 Å². The van der Waals surface area contributed by atoms with Crippen LogP contribution in [0.3, 0.4) is 0 Å². The number of benzene rings is 2. The number of fused-ring (bicyclic) bond motifs is 5. The maximum atomic E-state index is 7.42. The molecule has 2 unspecified atom stereocenters. The van der Waals surface area contributed by atoms with Crippen molar-refractivity contribution in [2.24, 2.45) is 5.73 Å². The summed E-state index contributed by atoms with van der Waals surface area (Å²) < 4.78 is 0. The summed E-state index contributed by atoms with van der Waals surface area (Å²) in [5, 5.41) is 0.895. The van der Waals surface area contributed by atoms with Crippen LogP contribution in [0.5, 0.6) is 0 Å². The maximum absolute atomic E-state index is 7.42. The lowest BCUT2D eigenvalue weighted by molar-refractivity contribution is 0.577. The summed E-state index contributed by atoms with van der Waals surface area (Å²) >= 11 is 7.42. The highest BCUT2D eigenvalue weighted by Gasteiger charge is 2.47. The van der Waals surface area contributed by atoms with Gasteiger partial charge in [-0.25, -0.2) is 0 Å². The molecule has 1 nitrogen and oxygen atoms in total. The summed E-state index contributed by atoms with van der Waals surface area (Å²) in [5.74, 6) is 0. The Morgan fingerprint density at radius 1 is 1.13 bits per heavy atom. The zero-order chi connectivity index (χ0) is 21.5. The number of rotatable bonds is 1. The van der Waals surface area contributed by atoms with Crippen molar-refractivity contribution in [1.82, 2.24) is 0 Å². The Balaban J connectivity index is 2.12. The van der Waals surface area contributed by atoms with Crippen LogP contribution in [-0.2, 0) is 5.41 Å². The van der Waals surface area contributed by atoms with E-state index >= 15 is 0 Å². The monoisotopic (exact) mass is 415 g/mol. The van der Waals surface area contributed by atoms with Crippen LogP contribution in [0, 0.1) is 13.8 Å². The molecule has 0 bridgehead atoms. The predicted octanol–water partition coefficient (Wildman–Crippen LogP) is 7.25. The molecular weight excluding hydrogens is 386 g/mol. The highest BCUT2D eigenvalue weighted by molar-refractivity contribution is 6.32. The third-order valence-electron chi connectivity index (χ3n) is 6.53. The molecule has 4 rings (SSSR count). The number of halogens is 1. The Hall–Kier alpha value is -2.31. The summed E-state index contributed by atoms with van der Waals surface area (Å²) in [5.41, 5.74) is 19.7. The van der Waals surface area contributed by atoms with Crippen molar-refractivity contribution in [3.63, 3.8) is 0 Å². The second-order valence-corrected chi connectivity index (χ2v) is 9.15. The predicted molar refractivity (Wildman–Crippen MR) is 129 cm³/mol. The molecule has 0 saturated heterocycles. The molecule has 2 aliphatic rings. The molecule has 154 valence electrons. The maximum Gasteiger partial charge on any atom is 0.0577 e. The van der Waals surface area contributed by atoms with E-state index in [9.17, 15) is 0 Å². The Kier molecular flexibility index (Phi) is 5.64. The topological polar surface area (TPSA) is 26.0 Å². The smallest absolute Gasteiger partial charge is 0.0577 e. The van der Waals surface area contributed by atoms with Crippen molar-refractivity contribution in [2.45, 2.75) is 58.4 Å². The summed E-state index contributed by atoms with van der Waals surface area (Å²) in [6, 6.07) is 13.4. The van der Waals surface area contributed by atoms with Crippen molar-refractivity contribution in [3.8, 4) is 11.1 Å². The van der Waals surface area contributed by atoms with E-state index in [0.29, 0.717) is 6.42 Å². The quantitative estimate of drug-likeness (QED) is 0.385. The van der Waals surface area contributed by atoms with Gasteiger partial charge in [0.1, 0.15) is 0 Å². The van der Waals surface area contributed by atoms with Crippen LogP contribution in [0.1, 0.15) is 55.4 Å². The highest BCUT2D eigenvalue weighted by atomic mass is 35.5. The zero-order valence-corrected chi connectivity index (χ0v) is 19.1. The Morgan fingerprint density at radius 2 is 1.90 bits per heavy atom. The van der Waals surface area contributed by atoms with E-state index in [1.807, 2.05) is 19.1 Å². The van der Waals surface area contributed by atoms with Gasteiger partial charge in [-0.2, -0.15) is 0 Å². The first-order valence-corrected chi connectivity index (χ1v) is 11.2. The largest absolute Gasteiger partial charge is 0.324 e. The second-order valence-electron chi connectivity index (χ2n) is 8.78. The zero-order valence-electron chi connectivity index (χ0n) is 18.4. The number of hydrogen-bond acceptors (Lipinski definition) is 1. The highest BCUT2D eigenvalue weighted by Crippen LogP contribution is 2.58. The molecule has 2 aliphatic carbocycles. The molecule has 2 aromatic rings. The van der Waals surface area contributed by atoms with E-state index in [4.69, 9.17) is 17.3 Å². The van der Waals surface area contributed by atoms with Crippen LogP contribution in [0.25, 0.3) is 11.1 Å². The first kappa shape index (κ1) is 20.9. The molecular formula is C28H30ClN. The molecule has 0 heterocycles. The number of hydrogen-bond donors (Lipinski definition) is 1. The summed E-state index contributed by atoms with van der Waals surface area (Å²) in [4.78, 5) is 0. The average molecular weight is 416 g/mol. The van der Waals surface area contributed by atoms with E-state index in [1.165, 1.54) is 39.0 Å². The van der Waals surface area contributed by atoms with Gasteiger partial charge < -0.3 is 5.73 Å². The molecule has 30 heavy (non-hydrogen) atoms. The Labute approximate surface area is 185 Å². The van der Waals surface area contributed by atoms with Crippen molar-refractivity contribution in [3.05, 3.63) is 98.8 Å². The molecule has 2 N–H and O–H groups in total. The molecule has 0 aromatic heterocycles. The first-order chi connectivity index (χ1) is 14.4. The Bertz CT molecular complexity index is 1130. The molecule has 1 spiro atoms. The van der Waals surface area contributed by atoms with Gasteiger partial charge in [-0.05, 0) is 92.5 Å². The number of aryl methyl sites for hydroxylation is 2. The standard InChI is InChI=1S/C28H30ClN/c1-5-6-9-21-17-22(30)15-18(2)12-13-28(27(21)29)24-11-8-7-10-23(24)26-20(4)14-19(3)16-25(26)28/h5,7-11,14-16,22H,12-13,17,30H2,1-4H3/b18-15-,27-21+. The van der Waals surface area contributed by atoms with Crippen molar-refractivity contribution < 1.29 is 0 Å².